The third-order valence-electron chi connectivity index (χ3n) is 2.16. The van der Waals surface area contributed by atoms with E-state index < -0.39 is 11.2 Å². The van der Waals surface area contributed by atoms with Crippen LogP contribution >= 0.6 is 23.1 Å². The summed E-state index contributed by atoms with van der Waals surface area (Å²) in [5, 5.41) is 12.0. The highest BCUT2D eigenvalue weighted by atomic mass is 32.2. The van der Waals surface area contributed by atoms with Crippen molar-refractivity contribution in [3.8, 4) is 11.3 Å². The number of aromatic nitrogens is 1. The molecule has 0 amide bonds. The molecule has 0 spiro atoms. The molecule has 1 aromatic carbocycles. The Balaban J connectivity index is 2.14. The standard InChI is InChI=1S/C12H11NO2S2/c1-8(11(14)15)17-12-13-10(7-16-12)9-5-3-2-4-6-9/h2-8H,1H3,(H,14,15)/p-1/t8-/m1/s1. The molecule has 1 aromatic heterocycles. The first-order valence-corrected chi connectivity index (χ1v) is 6.81. The number of carboxylic acid groups (broad SMARTS) is 1. The zero-order chi connectivity index (χ0) is 12.3. The van der Waals surface area contributed by atoms with Crippen LogP contribution in [-0.4, -0.2) is 16.2 Å². The molecule has 3 nitrogen and oxygen atoms in total. The highest BCUT2D eigenvalue weighted by molar-refractivity contribution is 8.02. The predicted molar refractivity (Wildman–Crippen MR) is 67.9 cm³/mol. The van der Waals surface area contributed by atoms with E-state index in [1.165, 1.54) is 23.1 Å². The Labute approximate surface area is 108 Å². The lowest BCUT2D eigenvalue weighted by Gasteiger charge is -2.08. The largest absolute Gasteiger partial charge is 0.549 e. The first kappa shape index (κ1) is 12.1. The Morgan fingerprint density at radius 1 is 1.41 bits per heavy atom. The van der Waals surface area contributed by atoms with Gasteiger partial charge in [-0.15, -0.1) is 11.3 Å². The molecule has 17 heavy (non-hydrogen) atoms. The van der Waals surface area contributed by atoms with E-state index in [0.717, 1.165) is 15.6 Å². The van der Waals surface area contributed by atoms with E-state index in [2.05, 4.69) is 4.98 Å². The van der Waals surface area contributed by atoms with Gasteiger partial charge in [0.2, 0.25) is 0 Å². The topological polar surface area (TPSA) is 53.0 Å². The number of hydrogen-bond donors (Lipinski definition) is 0. The number of thioether (sulfide) groups is 1. The molecule has 0 aliphatic heterocycles. The van der Waals surface area contributed by atoms with Crippen molar-refractivity contribution in [1.82, 2.24) is 4.98 Å². The lowest BCUT2D eigenvalue weighted by Crippen LogP contribution is -2.31. The van der Waals surface area contributed by atoms with Crippen LogP contribution in [0.15, 0.2) is 40.1 Å². The maximum absolute atomic E-state index is 10.6. The lowest BCUT2D eigenvalue weighted by atomic mass is 10.2. The van der Waals surface area contributed by atoms with Gasteiger partial charge in [-0.1, -0.05) is 42.1 Å². The van der Waals surface area contributed by atoms with Crippen LogP contribution in [0.5, 0.6) is 0 Å². The third kappa shape index (κ3) is 3.08. The van der Waals surface area contributed by atoms with Crippen LogP contribution in [0.4, 0.5) is 0 Å². The van der Waals surface area contributed by atoms with Gasteiger partial charge in [-0.3, -0.25) is 0 Å². The molecule has 2 rings (SSSR count). The maximum atomic E-state index is 10.6. The molecular weight excluding hydrogens is 254 g/mol. The number of carbonyl (C=O) groups excluding carboxylic acids is 1. The molecule has 1 heterocycles. The smallest absolute Gasteiger partial charge is 0.151 e. The van der Waals surface area contributed by atoms with Gasteiger partial charge in [0.1, 0.15) is 0 Å². The molecule has 5 heteroatoms. The monoisotopic (exact) mass is 264 g/mol. The number of carboxylic acids is 1. The highest BCUT2D eigenvalue weighted by Gasteiger charge is 2.09. The number of nitrogens with zero attached hydrogens (tertiary/aromatic N) is 1. The average Bonchev–Trinajstić information content (AvgIpc) is 2.78. The number of aliphatic carboxylic acids is 1. The van der Waals surface area contributed by atoms with Gasteiger partial charge in [0.15, 0.2) is 4.34 Å². The number of thiazole rings is 1. The molecule has 0 aliphatic rings. The first-order valence-electron chi connectivity index (χ1n) is 5.05. The van der Waals surface area contributed by atoms with Crippen LogP contribution in [-0.2, 0) is 4.79 Å². The summed E-state index contributed by atoms with van der Waals surface area (Å²) in [5.41, 5.74) is 1.92. The van der Waals surface area contributed by atoms with Crippen molar-refractivity contribution < 1.29 is 9.90 Å². The fourth-order valence-corrected chi connectivity index (χ4v) is 3.15. The fraction of sp³-hybridized carbons (Fsp3) is 0.167. The molecule has 2 aromatic rings. The van der Waals surface area contributed by atoms with E-state index in [0.29, 0.717) is 0 Å². The molecule has 0 unspecified atom stereocenters. The molecule has 0 radical (unpaired) electrons. The second-order valence-electron chi connectivity index (χ2n) is 3.44. The van der Waals surface area contributed by atoms with E-state index >= 15 is 0 Å². The SMILES string of the molecule is C[C@@H](Sc1nc(-c2ccccc2)cs1)C(=O)[O-]. The van der Waals surface area contributed by atoms with Gasteiger partial charge in [0, 0.05) is 16.2 Å². The van der Waals surface area contributed by atoms with E-state index in [1.54, 1.807) is 6.92 Å². The first-order chi connectivity index (χ1) is 8.16. The molecular formula is C12H10NO2S2-. The van der Waals surface area contributed by atoms with Crippen molar-refractivity contribution in [2.24, 2.45) is 0 Å². The molecule has 88 valence electrons. The summed E-state index contributed by atoms with van der Waals surface area (Å²) in [6.07, 6.45) is 0. The Bertz CT molecular complexity index is 510. The number of benzene rings is 1. The van der Waals surface area contributed by atoms with Crippen LogP contribution in [0.2, 0.25) is 0 Å². The third-order valence-corrected chi connectivity index (χ3v) is 4.21. The van der Waals surface area contributed by atoms with Crippen LogP contribution in [0.1, 0.15) is 6.92 Å². The molecule has 0 bridgehead atoms. The molecule has 0 N–H and O–H groups in total. The average molecular weight is 264 g/mol. The summed E-state index contributed by atoms with van der Waals surface area (Å²) in [4.78, 5) is 15.0. The Morgan fingerprint density at radius 3 is 2.76 bits per heavy atom. The summed E-state index contributed by atoms with van der Waals surface area (Å²) < 4.78 is 0.751. The normalized spacial score (nSPS) is 12.3. The van der Waals surface area contributed by atoms with Crippen molar-refractivity contribution in [2.45, 2.75) is 16.5 Å². The van der Waals surface area contributed by atoms with E-state index in [1.807, 2.05) is 35.7 Å². The lowest BCUT2D eigenvalue weighted by molar-refractivity contribution is -0.304. The second-order valence-corrected chi connectivity index (χ2v) is 5.89. The molecule has 0 aliphatic carbocycles. The zero-order valence-corrected chi connectivity index (χ0v) is 10.8. The van der Waals surface area contributed by atoms with E-state index in [9.17, 15) is 9.90 Å². The molecule has 0 saturated carbocycles. The zero-order valence-electron chi connectivity index (χ0n) is 9.12. The van der Waals surface area contributed by atoms with E-state index in [4.69, 9.17) is 0 Å². The van der Waals surface area contributed by atoms with Gasteiger partial charge in [-0.05, 0) is 6.92 Å². The minimum absolute atomic E-state index is 0.579. The fourth-order valence-electron chi connectivity index (χ4n) is 1.25. The summed E-state index contributed by atoms with van der Waals surface area (Å²) in [7, 11) is 0. The summed E-state index contributed by atoms with van der Waals surface area (Å²) in [6.45, 7) is 1.60. The van der Waals surface area contributed by atoms with Crippen LogP contribution in [0, 0.1) is 0 Å². The Kier molecular flexibility index (Phi) is 3.81. The summed E-state index contributed by atoms with van der Waals surface area (Å²) in [5.74, 6) is -1.06. The van der Waals surface area contributed by atoms with Crippen LogP contribution < -0.4 is 5.11 Å². The summed E-state index contributed by atoms with van der Waals surface area (Å²) >= 11 is 2.66. The van der Waals surface area contributed by atoms with Crippen molar-refractivity contribution >= 4 is 29.1 Å². The van der Waals surface area contributed by atoms with Crippen molar-refractivity contribution in [3.05, 3.63) is 35.7 Å². The Morgan fingerprint density at radius 2 is 2.12 bits per heavy atom. The second kappa shape index (κ2) is 5.33. The molecule has 0 fully saturated rings. The van der Waals surface area contributed by atoms with Crippen LogP contribution in [0.3, 0.4) is 0 Å². The van der Waals surface area contributed by atoms with Crippen molar-refractivity contribution in [2.75, 3.05) is 0 Å². The van der Waals surface area contributed by atoms with Gasteiger partial charge in [0.05, 0.1) is 11.7 Å². The van der Waals surface area contributed by atoms with Crippen molar-refractivity contribution in [1.29, 1.82) is 0 Å². The highest BCUT2D eigenvalue weighted by Crippen LogP contribution is 2.30. The van der Waals surface area contributed by atoms with E-state index in [-0.39, 0.29) is 0 Å². The maximum Gasteiger partial charge on any atom is 0.151 e. The van der Waals surface area contributed by atoms with Crippen LogP contribution in [0.25, 0.3) is 11.3 Å². The van der Waals surface area contributed by atoms with Crippen molar-refractivity contribution in [3.63, 3.8) is 0 Å². The summed E-state index contributed by atoms with van der Waals surface area (Å²) in [6, 6.07) is 9.80. The Hall–Kier alpha value is -1.33. The van der Waals surface area contributed by atoms with Gasteiger partial charge < -0.3 is 9.90 Å². The van der Waals surface area contributed by atoms with Gasteiger partial charge in [0.25, 0.3) is 0 Å². The minimum atomic E-state index is -1.06. The minimum Gasteiger partial charge on any atom is -0.549 e. The molecule has 1 atom stereocenters. The number of carbonyl (C=O) groups is 1. The van der Waals surface area contributed by atoms with Gasteiger partial charge >= 0.3 is 0 Å². The van der Waals surface area contributed by atoms with Gasteiger partial charge in [-0.2, -0.15) is 0 Å². The molecule has 0 saturated heterocycles. The quantitative estimate of drug-likeness (QED) is 0.793. The number of rotatable bonds is 4. The predicted octanol–water partition coefficient (Wildman–Crippen LogP) is 2.04. The number of hydrogen-bond acceptors (Lipinski definition) is 5. The van der Waals surface area contributed by atoms with Gasteiger partial charge in [-0.25, -0.2) is 4.98 Å².